The summed E-state index contributed by atoms with van der Waals surface area (Å²) in [5, 5.41) is 2.97. The average Bonchev–Trinajstić information content (AvgIpc) is 3.03. The third-order valence-electron chi connectivity index (χ3n) is 7.39. The number of aryl methyl sites for hydroxylation is 1. The van der Waals surface area contributed by atoms with Gasteiger partial charge in [0.15, 0.2) is 0 Å². The van der Waals surface area contributed by atoms with Gasteiger partial charge in [0.05, 0.1) is 17.2 Å². The van der Waals surface area contributed by atoms with Crippen LogP contribution in [0.2, 0.25) is 0 Å². The highest BCUT2D eigenvalue weighted by molar-refractivity contribution is 7.92. The summed E-state index contributed by atoms with van der Waals surface area (Å²) in [6, 6.07) is 26.9. The van der Waals surface area contributed by atoms with Gasteiger partial charge in [0.2, 0.25) is 11.8 Å². The van der Waals surface area contributed by atoms with Crippen LogP contribution in [0.5, 0.6) is 5.75 Å². The number of carbonyl (C=O) groups excluding carboxylic acids is 2. The molecule has 10 heteroatoms. The van der Waals surface area contributed by atoms with Crippen LogP contribution in [-0.4, -0.2) is 49.9 Å². The zero-order valence-corrected chi connectivity index (χ0v) is 28.3. The number of halogens is 1. The summed E-state index contributed by atoms with van der Waals surface area (Å²) < 4.78 is 50.0. The maximum Gasteiger partial charge on any atom is 0.264 e. The Labute approximate surface area is 277 Å². The highest BCUT2D eigenvalue weighted by Gasteiger charge is 2.36. The van der Waals surface area contributed by atoms with Gasteiger partial charge in [-0.1, -0.05) is 66.2 Å². The van der Waals surface area contributed by atoms with E-state index in [9.17, 15) is 18.0 Å². The predicted octanol–water partition coefficient (Wildman–Crippen LogP) is 6.28. The molecule has 47 heavy (non-hydrogen) atoms. The molecule has 0 bridgehead atoms. The average molecular weight is 660 g/mol. The number of amides is 2. The van der Waals surface area contributed by atoms with E-state index < -0.39 is 45.8 Å². The molecule has 0 aliphatic heterocycles. The zero-order chi connectivity index (χ0) is 34.2. The number of ether oxygens (including phenoxy) is 1. The first-order valence-corrected chi connectivity index (χ1v) is 16.9. The zero-order valence-electron chi connectivity index (χ0n) is 27.4. The van der Waals surface area contributed by atoms with Crippen molar-refractivity contribution in [2.24, 2.45) is 0 Å². The Morgan fingerprint density at radius 2 is 1.49 bits per heavy atom. The van der Waals surface area contributed by atoms with Crippen LogP contribution in [-0.2, 0) is 32.6 Å². The number of sulfonamides is 1. The molecule has 0 radical (unpaired) electrons. The topological polar surface area (TPSA) is 96.0 Å². The minimum absolute atomic E-state index is 0.0405. The van der Waals surface area contributed by atoms with Crippen LogP contribution >= 0.6 is 0 Å². The lowest BCUT2D eigenvalue weighted by Crippen LogP contribution is -2.56. The molecule has 1 N–H and O–H groups in total. The molecule has 8 nitrogen and oxygen atoms in total. The Hall–Kier alpha value is -4.70. The van der Waals surface area contributed by atoms with E-state index in [1.807, 2.05) is 65.0 Å². The lowest BCUT2D eigenvalue weighted by molar-refractivity contribution is -0.140. The normalized spacial score (nSPS) is 12.2. The first-order chi connectivity index (χ1) is 22.3. The highest BCUT2D eigenvalue weighted by Crippen LogP contribution is 2.27. The maximum atomic E-state index is 15.1. The molecule has 0 unspecified atom stereocenters. The summed E-state index contributed by atoms with van der Waals surface area (Å²) in [5.74, 6) is -1.15. The molecule has 0 saturated heterocycles. The molecule has 4 rings (SSSR count). The number of benzene rings is 4. The molecule has 4 aromatic rings. The van der Waals surface area contributed by atoms with Crippen molar-refractivity contribution >= 4 is 27.5 Å². The summed E-state index contributed by atoms with van der Waals surface area (Å²) in [4.78, 5) is 29.7. The second kappa shape index (κ2) is 15.3. The van der Waals surface area contributed by atoms with Crippen LogP contribution in [0.4, 0.5) is 10.1 Å². The van der Waals surface area contributed by atoms with Crippen molar-refractivity contribution in [3.63, 3.8) is 0 Å². The molecule has 1 atom stereocenters. The van der Waals surface area contributed by atoms with Crippen LogP contribution in [0.3, 0.4) is 0 Å². The summed E-state index contributed by atoms with van der Waals surface area (Å²) in [7, 11) is -4.29. The van der Waals surface area contributed by atoms with Crippen LogP contribution in [0, 0.1) is 12.7 Å². The number of hydrogen-bond acceptors (Lipinski definition) is 5. The van der Waals surface area contributed by atoms with Gasteiger partial charge < -0.3 is 15.0 Å². The minimum atomic E-state index is -4.29. The minimum Gasteiger partial charge on any atom is -0.494 e. The van der Waals surface area contributed by atoms with Crippen molar-refractivity contribution < 1.29 is 27.1 Å². The summed E-state index contributed by atoms with van der Waals surface area (Å²) in [5.41, 5.74) is 1.51. The molecule has 0 aliphatic carbocycles. The van der Waals surface area contributed by atoms with E-state index >= 15 is 4.39 Å². The molecule has 0 aliphatic rings. The van der Waals surface area contributed by atoms with Crippen molar-refractivity contribution in [1.29, 1.82) is 0 Å². The van der Waals surface area contributed by atoms with Crippen LogP contribution in [0.1, 0.15) is 44.4 Å². The van der Waals surface area contributed by atoms with E-state index in [1.54, 1.807) is 54.6 Å². The van der Waals surface area contributed by atoms with E-state index in [0.717, 1.165) is 15.4 Å². The number of rotatable bonds is 13. The van der Waals surface area contributed by atoms with Crippen molar-refractivity contribution in [2.75, 3.05) is 17.5 Å². The molecule has 0 fully saturated rings. The third-order valence-corrected chi connectivity index (χ3v) is 9.18. The summed E-state index contributed by atoms with van der Waals surface area (Å²) >= 11 is 0. The smallest absolute Gasteiger partial charge is 0.264 e. The number of nitrogens with zero attached hydrogens (tertiary/aromatic N) is 2. The van der Waals surface area contributed by atoms with Gasteiger partial charge >= 0.3 is 0 Å². The first kappa shape index (κ1) is 35.2. The maximum absolute atomic E-state index is 15.1. The summed E-state index contributed by atoms with van der Waals surface area (Å²) in [6.45, 7) is 8.71. The van der Waals surface area contributed by atoms with Gasteiger partial charge in [-0.3, -0.25) is 13.9 Å². The number of nitrogens with one attached hydrogen (secondary N) is 1. The standard InChI is InChI=1S/C37H42FN3O5S/c1-6-46-31-20-22-32(23-21-31)47(44,45)41(30-18-16-27(2)17-19-30)26-35(42)40(25-29-14-10-11-15-33(29)38)34(36(43)39-37(3,4)5)24-28-12-8-7-9-13-28/h7-23,34H,6,24-26H2,1-5H3,(H,39,43)/t34-/m1/s1. The van der Waals surface area contributed by atoms with E-state index in [0.29, 0.717) is 12.4 Å². The fourth-order valence-corrected chi connectivity index (χ4v) is 6.47. The SMILES string of the molecule is CCOc1ccc(S(=O)(=O)N(CC(=O)N(Cc2ccccc2F)[C@H](Cc2ccccc2)C(=O)NC(C)(C)C)c2ccc(C)cc2)cc1. The van der Waals surface area contributed by atoms with Gasteiger partial charge in [-0.05, 0) is 82.6 Å². The number of hydrogen-bond donors (Lipinski definition) is 1. The second-order valence-corrected chi connectivity index (χ2v) is 14.2. The first-order valence-electron chi connectivity index (χ1n) is 15.5. The Bertz CT molecular complexity index is 1760. The molecule has 2 amide bonds. The molecule has 0 heterocycles. The lowest BCUT2D eigenvalue weighted by atomic mass is 10.0. The van der Waals surface area contributed by atoms with E-state index in [-0.39, 0.29) is 29.1 Å². The van der Waals surface area contributed by atoms with E-state index in [2.05, 4.69) is 5.32 Å². The van der Waals surface area contributed by atoms with Crippen LogP contribution < -0.4 is 14.4 Å². The van der Waals surface area contributed by atoms with Gasteiger partial charge in [0.25, 0.3) is 10.0 Å². The molecular formula is C37H42FN3O5S. The number of anilines is 1. The van der Waals surface area contributed by atoms with Crippen LogP contribution in [0.25, 0.3) is 0 Å². The molecule has 0 saturated carbocycles. The van der Waals surface area contributed by atoms with Crippen molar-refractivity contribution in [1.82, 2.24) is 10.2 Å². The van der Waals surface area contributed by atoms with Gasteiger partial charge in [0, 0.05) is 24.1 Å². The van der Waals surface area contributed by atoms with E-state index in [1.165, 1.54) is 23.1 Å². The Balaban J connectivity index is 1.81. The highest BCUT2D eigenvalue weighted by atomic mass is 32.2. The Kier molecular flexibility index (Phi) is 11.4. The molecular weight excluding hydrogens is 617 g/mol. The van der Waals surface area contributed by atoms with Gasteiger partial charge in [-0.2, -0.15) is 0 Å². The van der Waals surface area contributed by atoms with Gasteiger partial charge in [-0.25, -0.2) is 12.8 Å². The van der Waals surface area contributed by atoms with E-state index in [4.69, 9.17) is 4.74 Å². The van der Waals surface area contributed by atoms with Crippen molar-refractivity contribution in [3.05, 3.63) is 126 Å². The quantitative estimate of drug-likeness (QED) is 0.182. The fourth-order valence-electron chi connectivity index (χ4n) is 5.06. The third kappa shape index (κ3) is 9.42. The molecule has 0 spiro atoms. The van der Waals surface area contributed by atoms with Crippen molar-refractivity contribution in [3.8, 4) is 5.75 Å². The lowest BCUT2D eigenvalue weighted by Gasteiger charge is -2.35. The summed E-state index contributed by atoms with van der Waals surface area (Å²) in [6.07, 6.45) is 0.124. The van der Waals surface area contributed by atoms with Gasteiger partial charge in [-0.15, -0.1) is 0 Å². The predicted molar refractivity (Wildman–Crippen MR) is 182 cm³/mol. The van der Waals surface area contributed by atoms with Gasteiger partial charge in [0.1, 0.15) is 24.2 Å². The Morgan fingerprint density at radius 1 is 0.872 bits per heavy atom. The molecule has 248 valence electrons. The second-order valence-electron chi connectivity index (χ2n) is 12.3. The largest absolute Gasteiger partial charge is 0.494 e. The molecule has 0 aromatic heterocycles. The number of carbonyl (C=O) groups is 2. The van der Waals surface area contributed by atoms with Crippen LogP contribution in [0.15, 0.2) is 108 Å². The Morgan fingerprint density at radius 3 is 2.09 bits per heavy atom. The monoisotopic (exact) mass is 659 g/mol. The molecule has 4 aromatic carbocycles. The van der Waals surface area contributed by atoms with Crippen molar-refractivity contribution in [2.45, 2.75) is 64.1 Å². The fraction of sp³-hybridized carbons (Fsp3) is 0.297.